The maximum absolute atomic E-state index is 12.0. The van der Waals surface area contributed by atoms with Gasteiger partial charge in [0.2, 0.25) is 5.82 Å². The van der Waals surface area contributed by atoms with Crippen LogP contribution in [0.3, 0.4) is 0 Å². The van der Waals surface area contributed by atoms with Gasteiger partial charge in [-0.2, -0.15) is 0 Å². The molecule has 0 atom stereocenters. The first-order valence-corrected chi connectivity index (χ1v) is 5.76. The minimum absolute atomic E-state index is 0.148. The number of carbonyl (C=O) groups excluding carboxylic acids is 1. The first kappa shape index (κ1) is 12.2. The monoisotopic (exact) mass is 245 g/mol. The van der Waals surface area contributed by atoms with E-state index < -0.39 is 0 Å². The molecular weight excluding hydrogens is 230 g/mol. The third-order valence-electron chi connectivity index (χ3n) is 2.66. The molecule has 6 heteroatoms. The van der Waals surface area contributed by atoms with Crippen molar-refractivity contribution in [2.75, 3.05) is 5.32 Å². The van der Waals surface area contributed by atoms with E-state index in [9.17, 15) is 4.79 Å². The minimum Gasteiger partial charge on any atom is -0.317 e. The summed E-state index contributed by atoms with van der Waals surface area (Å²) in [4.78, 5) is 20.2. The van der Waals surface area contributed by atoms with Gasteiger partial charge >= 0.3 is 0 Å². The number of pyridine rings is 1. The molecule has 0 saturated carbocycles. The molecule has 18 heavy (non-hydrogen) atoms. The Hall–Kier alpha value is -2.24. The molecule has 0 aliphatic rings. The van der Waals surface area contributed by atoms with Crippen molar-refractivity contribution in [1.82, 2.24) is 20.2 Å². The molecule has 0 saturated heterocycles. The summed E-state index contributed by atoms with van der Waals surface area (Å²) in [6.45, 7) is 5.70. The Labute approximate surface area is 105 Å². The zero-order valence-corrected chi connectivity index (χ0v) is 10.6. The van der Waals surface area contributed by atoms with Crippen LogP contribution in [-0.2, 0) is 6.42 Å². The van der Waals surface area contributed by atoms with Gasteiger partial charge in [-0.1, -0.05) is 6.92 Å². The lowest BCUT2D eigenvalue weighted by Crippen LogP contribution is -2.16. The predicted octanol–water partition coefficient (Wildman–Crippen LogP) is 1.63. The number of carbonyl (C=O) groups is 1. The van der Waals surface area contributed by atoms with Gasteiger partial charge in [0.05, 0.1) is 11.4 Å². The van der Waals surface area contributed by atoms with Crippen molar-refractivity contribution in [2.24, 2.45) is 0 Å². The van der Waals surface area contributed by atoms with Gasteiger partial charge < -0.3 is 5.32 Å². The molecule has 0 aliphatic carbocycles. The highest BCUT2D eigenvalue weighted by Gasteiger charge is 2.14. The summed E-state index contributed by atoms with van der Waals surface area (Å²) in [6, 6.07) is 1.85. The van der Waals surface area contributed by atoms with Crippen LogP contribution in [0, 0.1) is 13.8 Å². The normalized spacial score (nSPS) is 10.4. The van der Waals surface area contributed by atoms with Crippen LogP contribution in [0.5, 0.6) is 0 Å². The second kappa shape index (κ2) is 4.95. The van der Waals surface area contributed by atoms with Crippen LogP contribution in [-0.4, -0.2) is 26.1 Å². The van der Waals surface area contributed by atoms with Gasteiger partial charge in [-0.05, 0) is 25.5 Å². The molecule has 0 aromatic carbocycles. The number of nitrogens with zero attached hydrogens (tertiary/aromatic N) is 3. The Balaban J connectivity index is 2.21. The summed E-state index contributed by atoms with van der Waals surface area (Å²) in [5.74, 6) is 0.513. The zero-order valence-electron chi connectivity index (χ0n) is 10.6. The highest BCUT2D eigenvalue weighted by atomic mass is 16.2. The van der Waals surface area contributed by atoms with Crippen molar-refractivity contribution in [3.8, 4) is 0 Å². The van der Waals surface area contributed by atoms with Crippen molar-refractivity contribution < 1.29 is 4.79 Å². The van der Waals surface area contributed by atoms with Gasteiger partial charge in [-0.15, -0.1) is 5.10 Å². The third kappa shape index (κ3) is 2.37. The molecule has 2 aromatic rings. The molecule has 1 amide bonds. The fourth-order valence-corrected chi connectivity index (χ4v) is 1.61. The zero-order chi connectivity index (χ0) is 13.1. The summed E-state index contributed by atoms with van der Waals surface area (Å²) in [7, 11) is 0. The van der Waals surface area contributed by atoms with Crippen LogP contribution < -0.4 is 5.32 Å². The van der Waals surface area contributed by atoms with Crippen LogP contribution in [0.25, 0.3) is 0 Å². The molecule has 0 bridgehead atoms. The van der Waals surface area contributed by atoms with Gasteiger partial charge in [-0.3, -0.25) is 14.9 Å². The molecule has 94 valence electrons. The Morgan fingerprint density at radius 2 is 2.22 bits per heavy atom. The van der Waals surface area contributed by atoms with Gasteiger partial charge in [0, 0.05) is 12.6 Å². The Kier molecular flexibility index (Phi) is 3.36. The second-order valence-electron chi connectivity index (χ2n) is 4.00. The Morgan fingerprint density at radius 3 is 2.83 bits per heavy atom. The maximum Gasteiger partial charge on any atom is 0.295 e. The lowest BCUT2D eigenvalue weighted by atomic mass is 10.2. The van der Waals surface area contributed by atoms with Crippen LogP contribution >= 0.6 is 0 Å². The molecule has 2 rings (SSSR count). The number of anilines is 1. The molecule has 0 fully saturated rings. The molecule has 2 heterocycles. The van der Waals surface area contributed by atoms with Crippen molar-refractivity contribution in [3.05, 3.63) is 35.2 Å². The van der Waals surface area contributed by atoms with Crippen LogP contribution in [0.15, 0.2) is 12.3 Å². The second-order valence-corrected chi connectivity index (χ2v) is 4.00. The number of aromatic nitrogens is 4. The highest BCUT2D eigenvalue weighted by molar-refractivity contribution is 6.02. The fraction of sp³-hybridized carbons (Fsp3) is 0.333. The number of aryl methyl sites for hydroxylation is 3. The summed E-state index contributed by atoms with van der Waals surface area (Å²) < 4.78 is 0. The van der Waals surface area contributed by atoms with Crippen LogP contribution in [0.2, 0.25) is 0 Å². The largest absolute Gasteiger partial charge is 0.317 e. The summed E-state index contributed by atoms with van der Waals surface area (Å²) >= 11 is 0. The molecule has 0 unspecified atom stereocenters. The number of H-pyrrole nitrogens is 1. The fourth-order valence-electron chi connectivity index (χ4n) is 1.61. The highest BCUT2D eigenvalue weighted by Crippen LogP contribution is 2.17. The lowest BCUT2D eigenvalue weighted by Gasteiger charge is -2.08. The number of hydrogen-bond donors (Lipinski definition) is 2. The van der Waals surface area contributed by atoms with Gasteiger partial charge in [0.1, 0.15) is 5.82 Å². The van der Waals surface area contributed by atoms with Crippen molar-refractivity contribution >= 4 is 11.6 Å². The number of amides is 1. The van der Waals surface area contributed by atoms with Crippen LogP contribution in [0.1, 0.15) is 34.6 Å². The molecule has 0 radical (unpaired) electrons. The molecule has 6 nitrogen and oxygen atoms in total. The predicted molar refractivity (Wildman–Crippen MR) is 67.4 cm³/mol. The average Bonchev–Trinajstić information content (AvgIpc) is 2.82. The van der Waals surface area contributed by atoms with Crippen molar-refractivity contribution in [1.29, 1.82) is 0 Å². The molecule has 2 N–H and O–H groups in total. The van der Waals surface area contributed by atoms with E-state index in [1.54, 1.807) is 6.20 Å². The van der Waals surface area contributed by atoms with E-state index in [2.05, 4.69) is 25.5 Å². The summed E-state index contributed by atoms with van der Waals surface area (Å²) in [5.41, 5.74) is 2.45. The first-order valence-electron chi connectivity index (χ1n) is 5.76. The Morgan fingerprint density at radius 1 is 1.44 bits per heavy atom. The van der Waals surface area contributed by atoms with E-state index in [1.165, 1.54) is 0 Å². The minimum atomic E-state index is -0.329. The van der Waals surface area contributed by atoms with Crippen LogP contribution in [0.4, 0.5) is 5.69 Å². The van der Waals surface area contributed by atoms with Gasteiger partial charge in [0.15, 0.2) is 0 Å². The van der Waals surface area contributed by atoms with E-state index >= 15 is 0 Å². The molecule has 0 aliphatic heterocycles. The number of rotatable bonds is 3. The number of nitrogens with one attached hydrogen (secondary N) is 2. The molecular formula is C12H15N5O. The number of aromatic amines is 1. The summed E-state index contributed by atoms with van der Waals surface area (Å²) in [6.07, 6.45) is 2.42. The smallest absolute Gasteiger partial charge is 0.295 e. The van der Waals surface area contributed by atoms with Gasteiger partial charge in [0.25, 0.3) is 5.91 Å². The number of hydrogen-bond acceptors (Lipinski definition) is 4. The topological polar surface area (TPSA) is 83.6 Å². The van der Waals surface area contributed by atoms with E-state index in [0.717, 1.165) is 11.3 Å². The molecule has 2 aromatic heterocycles. The maximum atomic E-state index is 12.0. The Bertz CT molecular complexity index is 555. The quantitative estimate of drug-likeness (QED) is 0.860. The molecule has 0 spiro atoms. The van der Waals surface area contributed by atoms with E-state index in [-0.39, 0.29) is 11.7 Å². The van der Waals surface area contributed by atoms with E-state index in [1.807, 2.05) is 26.8 Å². The van der Waals surface area contributed by atoms with E-state index in [0.29, 0.717) is 17.9 Å². The van der Waals surface area contributed by atoms with E-state index in [4.69, 9.17) is 0 Å². The third-order valence-corrected chi connectivity index (χ3v) is 2.66. The van der Waals surface area contributed by atoms with Crippen molar-refractivity contribution in [2.45, 2.75) is 27.2 Å². The van der Waals surface area contributed by atoms with Gasteiger partial charge in [-0.25, -0.2) is 4.98 Å². The first-order chi connectivity index (χ1) is 8.61. The lowest BCUT2D eigenvalue weighted by molar-refractivity contribution is 0.101. The average molecular weight is 245 g/mol. The SMILES string of the molecule is CCc1nc(C(=O)Nc2c(C)ccnc2C)n[nH]1. The standard InChI is InChI=1S/C12H15N5O/c1-4-9-14-11(17-16-9)12(18)15-10-7(2)5-6-13-8(10)3/h5-6H,4H2,1-3H3,(H,15,18)(H,14,16,17). The van der Waals surface area contributed by atoms with Crippen molar-refractivity contribution in [3.63, 3.8) is 0 Å². The summed E-state index contributed by atoms with van der Waals surface area (Å²) in [5, 5.41) is 9.37.